The van der Waals surface area contributed by atoms with Crippen molar-refractivity contribution in [3.63, 3.8) is 0 Å². The van der Waals surface area contributed by atoms with E-state index in [2.05, 4.69) is 102 Å². The zero-order valence-corrected chi connectivity index (χ0v) is 20.3. The van der Waals surface area contributed by atoms with Gasteiger partial charge in [0.15, 0.2) is 17.4 Å². The highest BCUT2D eigenvalue weighted by Gasteiger charge is 2.27. The summed E-state index contributed by atoms with van der Waals surface area (Å²) in [6.45, 7) is 18.0. The predicted octanol–water partition coefficient (Wildman–Crippen LogP) is 1.79. The summed E-state index contributed by atoms with van der Waals surface area (Å²) in [7, 11) is -4.94. The third kappa shape index (κ3) is 6.48. The number of rotatable bonds is 2. The fourth-order valence-electron chi connectivity index (χ4n) is 4.17. The molecule has 0 fully saturated rings. The third-order valence-electron chi connectivity index (χ3n) is 5.29. The van der Waals surface area contributed by atoms with Crippen molar-refractivity contribution >= 4 is 0 Å². The van der Waals surface area contributed by atoms with Gasteiger partial charge in [0.1, 0.15) is 0 Å². The molecule has 0 radical (unpaired) electrons. The average Bonchev–Trinajstić information content (AvgIpc) is 2.85. The van der Waals surface area contributed by atoms with Crippen LogP contribution in [0.25, 0.3) is 22.3 Å². The first kappa shape index (κ1) is 25.2. The van der Waals surface area contributed by atoms with Gasteiger partial charge in [0.25, 0.3) is 0 Å². The van der Waals surface area contributed by atoms with Crippen LogP contribution in [0, 0.1) is 31.0 Å². The lowest BCUT2D eigenvalue weighted by atomic mass is 9.84. The second kappa shape index (κ2) is 9.23. The van der Waals surface area contributed by atoms with Gasteiger partial charge in [-0.25, -0.2) is 18.6 Å². The normalized spacial score (nSPS) is 12.2. The van der Waals surface area contributed by atoms with Crippen LogP contribution >= 0.6 is 0 Å². The first-order valence-corrected chi connectivity index (χ1v) is 11.5. The molecule has 2 aliphatic rings. The van der Waals surface area contributed by atoms with Gasteiger partial charge in [-0.2, -0.15) is 4.57 Å². The van der Waals surface area contributed by atoms with Gasteiger partial charge in [0.2, 0.25) is 0 Å². The summed E-state index contributed by atoms with van der Waals surface area (Å²) in [5.74, 6) is 0. The first-order valence-electron chi connectivity index (χ1n) is 10.3. The van der Waals surface area contributed by atoms with E-state index in [1.165, 1.54) is 44.8 Å². The van der Waals surface area contributed by atoms with E-state index in [4.69, 9.17) is 18.6 Å². The van der Waals surface area contributed by atoms with Gasteiger partial charge < -0.3 is 0 Å². The third-order valence-corrected chi connectivity index (χ3v) is 5.29. The van der Waals surface area contributed by atoms with Crippen molar-refractivity contribution in [1.29, 1.82) is 0 Å². The van der Waals surface area contributed by atoms with Crippen LogP contribution in [0.3, 0.4) is 0 Å². The Kier molecular flexibility index (Phi) is 7.51. The molecule has 3 rings (SSSR count). The van der Waals surface area contributed by atoms with E-state index in [0.29, 0.717) is 6.04 Å². The monoisotopic (exact) mass is 445 g/mol. The number of fused-ring (bicyclic) bond motifs is 1. The van der Waals surface area contributed by atoms with Crippen LogP contribution in [0.2, 0.25) is 0 Å². The summed E-state index contributed by atoms with van der Waals surface area (Å²) in [6, 6.07) is 16.6. The Morgan fingerprint density at radius 1 is 0.774 bits per heavy atom. The zero-order valence-electron chi connectivity index (χ0n) is 19.6. The summed E-state index contributed by atoms with van der Waals surface area (Å²) < 4.78 is 36.4. The average molecular weight is 446 g/mol. The molecule has 0 spiro atoms. The van der Waals surface area contributed by atoms with Crippen LogP contribution in [0.4, 0.5) is 0 Å². The van der Waals surface area contributed by atoms with Crippen LogP contribution in [0.1, 0.15) is 63.2 Å². The second-order valence-electron chi connectivity index (χ2n) is 9.33. The molecule has 0 saturated heterocycles. The van der Waals surface area contributed by atoms with Crippen molar-refractivity contribution in [3.8, 4) is 22.3 Å². The molecule has 0 amide bonds. The molecule has 1 aromatic rings. The fourth-order valence-corrected chi connectivity index (χ4v) is 4.17. The minimum atomic E-state index is -4.94. The number of nitrogens with zero attached hydrogens (tertiary/aromatic N) is 1. The van der Waals surface area contributed by atoms with Gasteiger partial charge in [-0.3, -0.25) is 0 Å². The Labute approximate surface area is 187 Å². The molecule has 0 bridgehead atoms. The molecular formula is C25H32ClNO4. The van der Waals surface area contributed by atoms with Crippen LogP contribution in [-0.4, -0.2) is 0 Å². The van der Waals surface area contributed by atoms with E-state index in [0.717, 1.165) is 0 Å². The lowest BCUT2D eigenvalue weighted by molar-refractivity contribution is -2.00. The molecule has 6 heteroatoms. The minimum Gasteiger partial charge on any atom is -0.222 e. The van der Waals surface area contributed by atoms with E-state index >= 15 is 0 Å². The lowest BCUT2D eigenvalue weighted by Gasteiger charge is -2.21. The maximum absolute atomic E-state index is 8.49. The van der Waals surface area contributed by atoms with Crippen LogP contribution in [0.5, 0.6) is 0 Å². The smallest absolute Gasteiger partial charge is 0.179 e. The molecule has 5 nitrogen and oxygen atoms in total. The maximum atomic E-state index is 8.49. The number of pyridine rings is 1. The van der Waals surface area contributed by atoms with Crippen LogP contribution in [-0.2, 0) is 5.41 Å². The summed E-state index contributed by atoms with van der Waals surface area (Å²) in [5, 5.41) is 0. The lowest BCUT2D eigenvalue weighted by Crippen LogP contribution is -2.68. The summed E-state index contributed by atoms with van der Waals surface area (Å²) in [4.78, 5) is 0. The molecule has 0 saturated carbocycles. The molecule has 168 valence electrons. The number of aryl methyl sites for hydroxylation is 3. The standard InChI is InChI=1S/C25H32N.ClHO4/c1-16(2)26-18(4)13-21(14-19(26)5)24-22-12-10-17(3)9-11-20(22)15-23(24)25(6,7)8;2-1(3,4)5/h9-16H,1-8H3;(H,2,3,4,5)/q+1;/p-1. The zero-order chi connectivity index (χ0) is 23.7. The Morgan fingerprint density at radius 2 is 1.26 bits per heavy atom. The number of hydrogen-bond acceptors (Lipinski definition) is 4. The molecule has 0 unspecified atom stereocenters. The molecule has 1 aromatic heterocycles. The Balaban J connectivity index is 0.000000614. The molecule has 31 heavy (non-hydrogen) atoms. The van der Waals surface area contributed by atoms with Crippen LogP contribution in [0.15, 0.2) is 42.5 Å². The predicted molar refractivity (Wildman–Crippen MR) is 112 cm³/mol. The fraction of sp³-hybridized carbons (Fsp3) is 0.400. The topological polar surface area (TPSA) is 96.1 Å². The highest BCUT2D eigenvalue weighted by molar-refractivity contribution is 5.90. The molecule has 0 atom stereocenters. The van der Waals surface area contributed by atoms with Gasteiger partial charge in [0, 0.05) is 26.0 Å². The highest BCUT2D eigenvalue weighted by atomic mass is 35.7. The maximum Gasteiger partial charge on any atom is 0.179 e. The van der Waals surface area contributed by atoms with E-state index in [-0.39, 0.29) is 5.41 Å². The quantitative estimate of drug-likeness (QED) is 0.562. The van der Waals surface area contributed by atoms with Crippen molar-refractivity contribution in [2.45, 2.75) is 66.8 Å². The van der Waals surface area contributed by atoms with E-state index < -0.39 is 10.2 Å². The summed E-state index contributed by atoms with van der Waals surface area (Å²) in [6.07, 6.45) is 0. The minimum absolute atomic E-state index is 0.105. The molecular weight excluding hydrogens is 414 g/mol. The molecule has 0 N–H and O–H groups in total. The molecule has 1 heterocycles. The van der Waals surface area contributed by atoms with Gasteiger partial charge in [0.05, 0.1) is 0 Å². The second-order valence-corrected chi connectivity index (χ2v) is 10.1. The Hall–Kier alpha value is -2.02. The van der Waals surface area contributed by atoms with Crippen molar-refractivity contribution in [2.75, 3.05) is 0 Å². The number of hydrogen-bond donors (Lipinski definition) is 0. The van der Waals surface area contributed by atoms with Crippen molar-refractivity contribution < 1.29 is 33.4 Å². The van der Waals surface area contributed by atoms with Crippen molar-refractivity contribution in [1.82, 2.24) is 0 Å². The largest absolute Gasteiger partial charge is 0.222 e. The Bertz CT molecular complexity index is 1000. The summed E-state index contributed by atoms with van der Waals surface area (Å²) >= 11 is 0. The van der Waals surface area contributed by atoms with E-state index in [1.54, 1.807) is 0 Å². The van der Waals surface area contributed by atoms with E-state index in [1.807, 2.05) is 0 Å². The van der Waals surface area contributed by atoms with Crippen molar-refractivity contribution in [3.05, 3.63) is 65.0 Å². The Morgan fingerprint density at radius 3 is 1.71 bits per heavy atom. The molecule has 0 aliphatic heterocycles. The van der Waals surface area contributed by atoms with Gasteiger partial charge >= 0.3 is 0 Å². The van der Waals surface area contributed by atoms with Crippen LogP contribution < -0.4 is 23.2 Å². The number of halogens is 1. The first-order chi connectivity index (χ1) is 14.1. The SMILES string of the molecule is Cc1ccc2cc(C(C)(C)C)c(-c3cc(C)[n+](C(C)C)c(C)c3)c-2cc1.[O-][Cl+3]([O-])([O-])[O-]. The van der Waals surface area contributed by atoms with Gasteiger partial charge in [-0.15, -0.1) is 10.2 Å². The molecule has 0 aromatic carbocycles. The summed E-state index contributed by atoms with van der Waals surface area (Å²) in [5.41, 5.74) is 10.9. The highest BCUT2D eigenvalue weighted by Crippen LogP contribution is 2.44. The molecule has 2 aliphatic carbocycles. The van der Waals surface area contributed by atoms with Gasteiger partial charge in [-0.1, -0.05) is 50.6 Å². The van der Waals surface area contributed by atoms with E-state index in [9.17, 15) is 0 Å². The number of aromatic nitrogens is 1. The van der Waals surface area contributed by atoms with Crippen molar-refractivity contribution in [2.24, 2.45) is 0 Å². The van der Waals surface area contributed by atoms with Gasteiger partial charge in [-0.05, 0) is 60.1 Å².